The lowest BCUT2D eigenvalue weighted by atomic mass is 9.95. The summed E-state index contributed by atoms with van der Waals surface area (Å²) in [6.07, 6.45) is 2.18. The fraction of sp³-hybridized carbons (Fsp3) is 0.294. The van der Waals surface area contributed by atoms with Gasteiger partial charge < -0.3 is 5.32 Å². The highest BCUT2D eigenvalue weighted by Gasteiger charge is 2.23. The molecule has 0 fully saturated rings. The van der Waals surface area contributed by atoms with Crippen LogP contribution in [-0.2, 0) is 6.42 Å². The molecule has 0 aliphatic heterocycles. The highest BCUT2D eigenvalue weighted by atomic mass is 19.1. The quantitative estimate of drug-likeness (QED) is 0.855. The van der Waals surface area contributed by atoms with Gasteiger partial charge in [0.05, 0.1) is 0 Å². The van der Waals surface area contributed by atoms with E-state index in [2.05, 4.69) is 23.5 Å². The van der Waals surface area contributed by atoms with Gasteiger partial charge in [-0.2, -0.15) is 0 Å². The molecule has 0 bridgehead atoms. The fourth-order valence-electron chi connectivity index (χ4n) is 2.99. The van der Waals surface area contributed by atoms with Crippen LogP contribution in [0.4, 0.5) is 4.39 Å². The molecule has 2 aromatic carbocycles. The maximum Gasteiger partial charge on any atom is 0.126 e. The van der Waals surface area contributed by atoms with Crippen LogP contribution in [0.1, 0.15) is 29.2 Å². The molecule has 2 heteroatoms. The number of rotatable bonds is 2. The highest BCUT2D eigenvalue weighted by Crippen LogP contribution is 2.37. The van der Waals surface area contributed by atoms with E-state index >= 15 is 0 Å². The van der Waals surface area contributed by atoms with E-state index in [0.717, 1.165) is 18.4 Å². The summed E-state index contributed by atoms with van der Waals surface area (Å²) in [6.45, 7) is 1.80. The van der Waals surface area contributed by atoms with Crippen molar-refractivity contribution in [1.29, 1.82) is 0 Å². The summed E-state index contributed by atoms with van der Waals surface area (Å²) >= 11 is 0. The molecule has 3 rings (SSSR count). The summed E-state index contributed by atoms with van der Waals surface area (Å²) < 4.78 is 13.7. The van der Waals surface area contributed by atoms with Gasteiger partial charge in [-0.05, 0) is 60.7 Å². The molecule has 1 nitrogen and oxygen atoms in total. The summed E-state index contributed by atoms with van der Waals surface area (Å²) in [7, 11) is 2.00. The highest BCUT2D eigenvalue weighted by molar-refractivity contribution is 5.70. The number of benzene rings is 2. The van der Waals surface area contributed by atoms with E-state index in [1.165, 1.54) is 16.7 Å². The molecule has 98 valence electrons. The molecule has 0 saturated heterocycles. The largest absolute Gasteiger partial charge is 0.313 e. The number of halogens is 1. The summed E-state index contributed by atoms with van der Waals surface area (Å²) in [6, 6.07) is 12.3. The second-order valence-electron chi connectivity index (χ2n) is 5.22. The van der Waals surface area contributed by atoms with Crippen molar-refractivity contribution in [3.63, 3.8) is 0 Å². The first-order chi connectivity index (χ1) is 9.20. The van der Waals surface area contributed by atoms with Crippen molar-refractivity contribution in [2.45, 2.75) is 25.8 Å². The normalized spacial score (nSPS) is 17.5. The molecule has 1 N–H and O–H groups in total. The third kappa shape index (κ3) is 2.06. The van der Waals surface area contributed by atoms with Crippen molar-refractivity contribution in [3.8, 4) is 11.1 Å². The second-order valence-corrected chi connectivity index (χ2v) is 5.22. The van der Waals surface area contributed by atoms with Gasteiger partial charge in [0.15, 0.2) is 0 Å². The van der Waals surface area contributed by atoms with Gasteiger partial charge in [0, 0.05) is 6.04 Å². The summed E-state index contributed by atoms with van der Waals surface area (Å²) in [5.41, 5.74) is 5.58. The monoisotopic (exact) mass is 255 g/mol. The van der Waals surface area contributed by atoms with Gasteiger partial charge >= 0.3 is 0 Å². The van der Waals surface area contributed by atoms with Gasteiger partial charge in [-0.15, -0.1) is 0 Å². The van der Waals surface area contributed by atoms with E-state index in [9.17, 15) is 4.39 Å². The molecule has 0 saturated carbocycles. The van der Waals surface area contributed by atoms with Crippen LogP contribution in [-0.4, -0.2) is 7.05 Å². The molecule has 0 aromatic heterocycles. The average Bonchev–Trinajstić information content (AvgIpc) is 2.85. The molecular formula is C17H18FN. The first-order valence-corrected chi connectivity index (χ1v) is 6.76. The Balaban J connectivity index is 2.11. The predicted molar refractivity (Wildman–Crippen MR) is 76.7 cm³/mol. The zero-order valence-corrected chi connectivity index (χ0v) is 11.3. The lowest BCUT2D eigenvalue weighted by Gasteiger charge is -2.12. The van der Waals surface area contributed by atoms with E-state index in [1.54, 1.807) is 13.0 Å². The number of hydrogen-bond donors (Lipinski definition) is 1. The molecule has 19 heavy (non-hydrogen) atoms. The number of nitrogens with one attached hydrogen (secondary N) is 1. The van der Waals surface area contributed by atoms with Crippen LogP contribution < -0.4 is 5.32 Å². The molecule has 1 unspecified atom stereocenters. The Bertz CT molecular complexity index is 619. The Kier molecular flexibility index (Phi) is 3.11. The fourth-order valence-corrected chi connectivity index (χ4v) is 2.99. The first-order valence-electron chi connectivity index (χ1n) is 6.76. The minimum absolute atomic E-state index is 0.127. The van der Waals surface area contributed by atoms with Gasteiger partial charge in [-0.3, -0.25) is 0 Å². The van der Waals surface area contributed by atoms with Gasteiger partial charge in [0.1, 0.15) is 5.82 Å². The third-order valence-electron chi connectivity index (χ3n) is 4.10. The van der Waals surface area contributed by atoms with Crippen molar-refractivity contribution in [2.24, 2.45) is 0 Å². The Morgan fingerprint density at radius 1 is 1.21 bits per heavy atom. The Morgan fingerprint density at radius 2 is 2.05 bits per heavy atom. The van der Waals surface area contributed by atoms with Crippen molar-refractivity contribution < 1.29 is 4.39 Å². The lowest BCUT2D eigenvalue weighted by Crippen LogP contribution is -2.12. The van der Waals surface area contributed by atoms with E-state index in [4.69, 9.17) is 0 Å². The minimum Gasteiger partial charge on any atom is -0.313 e. The molecule has 0 radical (unpaired) electrons. The second kappa shape index (κ2) is 4.78. The zero-order valence-electron chi connectivity index (χ0n) is 11.3. The zero-order chi connectivity index (χ0) is 13.4. The van der Waals surface area contributed by atoms with Crippen molar-refractivity contribution in [3.05, 3.63) is 58.9 Å². The number of hydrogen-bond acceptors (Lipinski definition) is 1. The van der Waals surface area contributed by atoms with Crippen LogP contribution in [0.3, 0.4) is 0 Å². The minimum atomic E-state index is -0.127. The molecule has 1 aliphatic rings. The average molecular weight is 255 g/mol. The standard InChI is InChI=1S/C17H18FN/c1-11-6-7-12(10-16(11)18)13-4-3-5-15-14(13)8-9-17(15)19-2/h3-7,10,17,19H,8-9H2,1-2H3. The Morgan fingerprint density at radius 3 is 2.79 bits per heavy atom. The molecule has 0 spiro atoms. The summed E-state index contributed by atoms with van der Waals surface area (Å²) in [4.78, 5) is 0. The molecule has 0 amide bonds. The maximum absolute atomic E-state index is 13.7. The molecular weight excluding hydrogens is 237 g/mol. The smallest absolute Gasteiger partial charge is 0.126 e. The van der Waals surface area contributed by atoms with Crippen molar-refractivity contribution in [2.75, 3.05) is 7.05 Å². The van der Waals surface area contributed by atoms with Crippen molar-refractivity contribution >= 4 is 0 Å². The SMILES string of the molecule is CNC1CCc2c(-c3ccc(C)c(F)c3)cccc21. The van der Waals surface area contributed by atoms with Crippen LogP contribution in [0.15, 0.2) is 36.4 Å². The van der Waals surface area contributed by atoms with E-state index in [0.29, 0.717) is 11.6 Å². The van der Waals surface area contributed by atoms with Crippen LogP contribution >= 0.6 is 0 Å². The van der Waals surface area contributed by atoms with Gasteiger partial charge in [0.2, 0.25) is 0 Å². The van der Waals surface area contributed by atoms with Crippen LogP contribution in [0.2, 0.25) is 0 Å². The van der Waals surface area contributed by atoms with Gasteiger partial charge in [0.25, 0.3) is 0 Å². The van der Waals surface area contributed by atoms with Gasteiger partial charge in [-0.25, -0.2) is 4.39 Å². The van der Waals surface area contributed by atoms with Gasteiger partial charge in [-0.1, -0.05) is 30.3 Å². The number of fused-ring (bicyclic) bond motifs is 1. The van der Waals surface area contributed by atoms with E-state index in [1.807, 2.05) is 19.2 Å². The topological polar surface area (TPSA) is 12.0 Å². The van der Waals surface area contributed by atoms with Crippen LogP contribution in [0.25, 0.3) is 11.1 Å². The number of aryl methyl sites for hydroxylation is 1. The Labute approximate surface area is 113 Å². The molecule has 1 atom stereocenters. The van der Waals surface area contributed by atoms with Crippen molar-refractivity contribution in [1.82, 2.24) is 5.32 Å². The van der Waals surface area contributed by atoms with Crippen LogP contribution in [0.5, 0.6) is 0 Å². The van der Waals surface area contributed by atoms with E-state index in [-0.39, 0.29) is 5.82 Å². The third-order valence-corrected chi connectivity index (χ3v) is 4.10. The lowest BCUT2D eigenvalue weighted by molar-refractivity contribution is 0.590. The first kappa shape index (κ1) is 12.4. The molecule has 1 aliphatic carbocycles. The summed E-state index contributed by atoms with van der Waals surface area (Å²) in [5, 5.41) is 3.35. The Hall–Kier alpha value is -1.67. The van der Waals surface area contributed by atoms with E-state index < -0.39 is 0 Å². The summed E-state index contributed by atoms with van der Waals surface area (Å²) in [5.74, 6) is -0.127. The molecule has 0 heterocycles. The maximum atomic E-state index is 13.7. The van der Waals surface area contributed by atoms with Crippen LogP contribution in [0, 0.1) is 12.7 Å². The molecule has 2 aromatic rings. The predicted octanol–water partition coefficient (Wildman–Crippen LogP) is 4.01.